The van der Waals surface area contributed by atoms with E-state index in [-0.39, 0.29) is 12.0 Å². The fraction of sp³-hybridized carbons (Fsp3) is 0.400. The fourth-order valence-corrected chi connectivity index (χ4v) is 1.54. The van der Waals surface area contributed by atoms with Gasteiger partial charge in [0, 0.05) is 23.0 Å². The van der Waals surface area contributed by atoms with E-state index in [1.54, 1.807) is 19.2 Å². The molecular weight excluding hydrogens is 252 g/mol. The van der Waals surface area contributed by atoms with Crippen molar-refractivity contribution in [3.8, 4) is 0 Å². The van der Waals surface area contributed by atoms with Gasteiger partial charge in [0.2, 0.25) is 0 Å². The molecule has 0 radical (unpaired) electrons. The molecule has 0 bridgehead atoms. The smallest absolute Gasteiger partial charge is 0.274 e. The van der Waals surface area contributed by atoms with Crippen LogP contribution in [0.15, 0.2) is 28.7 Å². The van der Waals surface area contributed by atoms with Gasteiger partial charge in [-0.1, -0.05) is 28.1 Å². The Hall–Kier alpha value is -0.480. The molecule has 0 aliphatic carbocycles. The van der Waals surface area contributed by atoms with Crippen LogP contribution in [0, 0.1) is 0 Å². The number of rotatable bonds is 4. The van der Waals surface area contributed by atoms with E-state index in [2.05, 4.69) is 21.2 Å². The van der Waals surface area contributed by atoms with E-state index in [0.29, 0.717) is 11.0 Å². The molecule has 78 valence electrons. The van der Waals surface area contributed by atoms with Gasteiger partial charge in [-0.05, 0) is 19.2 Å². The minimum atomic E-state index is -2.76. The summed E-state index contributed by atoms with van der Waals surface area (Å²) in [6.45, 7) is 0.305. The van der Waals surface area contributed by atoms with Gasteiger partial charge in [-0.25, -0.2) is 8.78 Å². The van der Waals surface area contributed by atoms with Crippen LogP contribution in [-0.2, 0) is 5.92 Å². The van der Waals surface area contributed by atoms with E-state index in [0.717, 1.165) is 0 Å². The van der Waals surface area contributed by atoms with Crippen molar-refractivity contribution in [2.45, 2.75) is 12.3 Å². The van der Waals surface area contributed by atoms with Crippen LogP contribution in [0.1, 0.15) is 12.0 Å². The molecule has 0 amide bonds. The fourth-order valence-electron chi connectivity index (χ4n) is 1.14. The van der Waals surface area contributed by atoms with Crippen molar-refractivity contribution >= 4 is 15.9 Å². The number of halogens is 3. The standard InChI is InChI=1S/C10H12BrF2N/c1-14-6-5-10(12,13)8-3-2-4-9(11)7-8/h2-4,7,14H,5-6H2,1H3. The molecule has 0 aromatic heterocycles. The summed E-state index contributed by atoms with van der Waals surface area (Å²) >= 11 is 3.17. The molecule has 0 spiro atoms. The van der Waals surface area contributed by atoms with E-state index in [1.807, 2.05) is 0 Å². The highest BCUT2D eigenvalue weighted by molar-refractivity contribution is 9.10. The van der Waals surface area contributed by atoms with Gasteiger partial charge in [0.1, 0.15) is 0 Å². The molecule has 0 fully saturated rings. The second kappa shape index (κ2) is 4.84. The summed E-state index contributed by atoms with van der Waals surface area (Å²) < 4.78 is 27.6. The van der Waals surface area contributed by atoms with Crippen LogP contribution in [-0.4, -0.2) is 13.6 Å². The predicted molar refractivity (Wildman–Crippen MR) is 56.6 cm³/mol. The average Bonchev–Trinajstić information content (AvgIpc) is 2.15. The molecule has 1 aromatic rings. The maximum atomic E-state index is 13.5. The monoisotopic (exact) mass is 263 g/mol. The molecule has 1 rings (SSSR count). The van der Waals surface area contributed by atoms with E-state index in [1.165, 1.54) is 12.1 Å². The summed E-state index contributed by atoms with van der Waals surface area (Å²) in [6, 6.07) is 6.25. The molecule has 1 N–H and O–H groups in total. The molecule has 0 aliphatic heterocycles. The minimum absolute atomic E-state index is 0.0575. The van der Waals surface area contributed by atoms with Gasteiger partial charge in [-0.15, -0.1) is 0 Å². The number of nitrogens with one attached hydrogen (secondary N) is 1. The van der Waals surface area contributed by atoms with Crippen molar-refractivity contribution in [1.29, 1.82) is 0 Å². The lowest BCUT2D eigenvalue weighted by molar-refractivity contribution is -0.0124. The molecule has 1 nitrogen and oxygen atoms in total. The number of hydrogen-bond donors (Lipinski definition) is 1. The third kappa shape index (κ3) is 3.03. The Labute approximate surface area is 90.6 Å². The SMILES string of the molecule is CNCCC(F)(F)c1cccc(Br)c1. The molecule has 0 aliphatic rings. The second-order valence-electron chi connectivity index (χ2n) is 3.07. The molecular formula is C10H12BrF2N. The lowest BCUT2D eigenvalue weighted by Gasteiger charge is -2.16. The highest BCUT2D eigenvalue weighted by Crippen LogP contribution is 2.32. The predicted octanol–water partition coefficient (Wildman–Crippen LogP) is 3.15. The quantitative estimate of drug-likeness (QED) is 0.880. The molecule has 0 heterocycles. The largest absolute Gasteiger partial charge is 0.320 e. The van der Waals surface area contributed by atoms with Gasteiger partial charge < -0.3 is 5.32 Å². The van der Waals surface area contributed by atoms with Gasteiger partial charge in [0.05, 0.1) is 0 Å². The van der Waals surface area contributed by atoms with Crippen molar-refractivity contribution < 1.29 is 8.78 Å². The summed E-state index contributed by atoms with van der Waals surface area (Å²) in [6.07, 6.45) is -0.181. The molecule has 4 heteroatoms. The zero-order chi connectivity index (χ0) is 10.6. The van der Waals surface area contributed by atoms with Crippen LogP contribution in [0.5, 0.6) is 0 Å². The van der Waals surface area contributed by atoms with Crippen molar-refractivity contribution in [1.82, 2.24) is 5.32 Å². The molecule has 1 aromatic carbocycles. The summed E-state index contributed by atoms with van der Waals surface area (Å²) in [7, 11) is 1.66. The summed E-state index contributed by atoms with van der Waals surface area (Å²) in [4.78, 5) is 0. The molecule has 0 unspecified atom stereocenters. The van der Waals surface area contributed by atoms with Gasteiger partial charge in [0.15, 0.2) is 0 Å². The first-order valence-electron chi connectivity index (χ1n) is 4.35. The van der Waals surface area contributed by atoms with E-state index < -0.39 is 5.92 Å². The zero-order valence-electron chi connectivity index (χ0n) is 7.86. The number of benzene rings is 1. The van der Waals surface area contributed by atoms with Crippen molar-refractivity contribution in [3.05, 3.63) is 34.3 Å². The topological polar surface area (TPSA) is 12.0 Å². The summed E-state index contributed by atoms with van der Waals surface area (Å²) in [5.74, 6) is -2.76. The van der Waals surface area contributed by atoms with Gasteiger partial charge in [0.25, 0.3) is 5.92 Å². The van der Waals surface area contributed by atoms with Crippen LogP contribution in [0.4, 0.5) is 8.78 Å². The van der Waals surface area contributed by atoms with Crippen LogP contribution >= 0.6 is 15.9 Å². The third-order valence-corrected chi connectivity index (χ3v) is 2.43. The first-order valence-corrected chi connectivity index (χ1v) is 5.14. The van der Waals surface area contributed by atoms with Gasteiger partial charge in [-0.3, -0.25) is 0 Å². The Kier molecular flexibility index (Phi) is 4.01. The summed E-state index contributed by atoms with van der Waals surface area (Å²) in [5, 5.41) is 2.72. The number of alkyl halides is 2. The van der Waals surface area contributed by atoms with E-state index >= 15 is 0 Å². The average molecular weight is 264 g/mol. The number of hydrogen-bond acceptors (Lipinski definition) is 1. The molecule has 14 heavy (non-hydrogen) atoms. The Morgan fingerprint density at radius 1 is 1.43 bits per heavy atom. The highest BCUT2D eigenvalue weighted by Gasteiger charge is 2.30. The van der Waals surface area contributed by atoms with Crippen LogP contribution in [0.2, 0.25) is 0 Å². The van der Waals surface area contributed by atoms with E-state index in [4.69, 9.17) is 0 Å². The third-order valence-electron chi connectivity index (χ3n) is 1.94. The van der Waals surface area contributed by atoms with Crippen LogP contribution < -0.4 is 5.32 Å². The highest BCUT2D eigenvalue weighted by atomic mass is 79.9. The van der Waals surface area contributed by atoms with Gasteiger partial charge >= 0.3 is 0 Å². The minimum Gasteiger partial charge on any atom is -0.320 e. The van der Waals surface area contributed by atoms with Crippen molar-refractivity contribution in [2.24, 2.45) is 0 Å². The first kappa shape index (κ1) is 11.6. The maximum Gasteiger partial charge on any atom is 0.274 e. The van der Waals surface area contributed by atoms with Crippen molar-refractivity contribution in [2.75, 3.05) is 13.6 Å². The Bertz CT molecular complexity index is 302. The zero-order valence-corrected chi connectivity index (χ0v) is 9.44. The first-order chi connectivity index (χ1) is 6.56. The Morgan fingerprint density at radius 3 is 2.71 bits per heavy atom. The molecule has 0 saturated carbocycles. The molecule has 0 saturated heterocycles. The van der Waals surface area contributed by atoms with Gasteiger partial charge in [-0.2, -0.15) is 0 Å². The maximum absolute atomic E-state index is 13.5. The molecule has 0 atom stereocenters. The Morgan fingerprint density at radius 2 is 2.14 bits per heavy atom. The normalized spacial score (nSPS) is 11.7. The Balaban J connectivity index is 2.80. The van der Waals surface area contributed by atoms with Crippen molar-refractivity contribution in [3.63, 3.8) is 0 Å². The lowest BCUT2D eigenvalue weighted by Crippen LogP contribution is -2.20. The van der Waals surface area contributed by atoms with Crippen LogP contribution in [0.3, 0.4) is 0 Å². The van der Waals surface area contributed by atoms with Crippen LogP contribution in [0.25, 0.3) is 0 Å². The van der Waals surface area contributed by atoms with E-state index in [9.17, 15) is 8.78 Å². The lowest BCUT2D eigenvalue weighted by atomic mass is 10.1. The second-order valence-corrected chi connectivity index (χ2v) is 3.98. The summed E-state index contributed by atoms with van der Waals surface area (Å²) in [5.41, 5.74) is 0.0575.